The first kappa shape index (κ1) is 21.7. The molecule has 4 heterocycles. The molecule has 0 spiro atoms. The number of nitrogens with one attached hydrogen (secondary N) is 1. The maximum Gasteiger partial charge on any atom is 0.289 e. The van der Waals surface area contributed by atoms with E-state index in [-0.39, 0.29) is 35.8 Å². The van der Waals surface area contributed by atoms with Crippen LogP contribution >= 0.6 is 0 Å². The van der Waals surface area contributed by atoms with Gasteiger partial charge in [0.25, 0.3) is 5.91 Å². The molecule has 0 saturated carbocycles. The molecule has 5 rings (SSSR count). The minimum Gasteiger partial charge on any atom is -0.451 e. The zero-order chi connectivity index (χ0) is 23.8. The molecule has 1 saturated heterocycles. The van der Waals surface area contributed by atoms with Gasteiger partial charge in [0.05, 0.1) is 17.6 Å². The Labute approximate surface area is 194 Å². The highest BCUT2D eigenvalue weighted by Crippen LogP contribution is 2.26. The summed E-state index contributed by atoms with van der Waals surface area (Å²) < 4.78 is 21.2. The molecule has 9 nitrogen and oxygen atoms in total. The number of carbonyl (C=O) groups is 1. The van der Waals surface area contributed by atoms with Crippen molar-refractivity contribution in [2.45, 2.75) is 32.5 Å². The number of amides is 1. The van der Waals surface area contributed by atoms with Crippen molar-refractivity contribution in [2.24, 2.45) is 0 Å². The second-order valence-electron chi connectivity index (χ2n) is 8.48. The number of carbonyl (C=O) groups excluding carboxylic acids is 1. The van der Waals surface area contributed by atoms with Gasteiger partial charge in [-0.25, -0.2) is 9.37 Å². The summed E-state index contributed by atoms with van der Waals surface area (Å²) in [7, 11) is 0. The quantitative estimate of drug-likeness (QED) is 0.479. The summed E-state index contributed by atoms with van der Waals surface area (Å²) in [6.45, 7) is 4.37. The van der Waals surface area contributed by atoms with Crippen molar-refractivity contribution in [2.75, 3.05) is 18.4 Å². The Balaban J connectivity index is 1.48. The molecule has 1 fully saturated rings. The van der Waals surface area contributed by atoms with E-state index in [0.29, 0.717) is 35.0 Å². The summed E-state index contributed by atoms with van der Waals surface area (Å²) in [4.78, 5) is 31.7. The lowest BCUT2D eigenvalue weighted by atomic mass is 10.1. The van der Waals surface area contributed by atoms with Gasteiger partial charge in [0.1, 0.15) is 29.6 Å². The van der Waals surface area contributed by atoms with E-state index in [1.807, 2.05) is 30.5 Å². The summed E-state index contributed by atoms with van der Waals surface area (Å²) in [5, 5.41) is 11.6. The molecule has 1 aliphatic heterocycles. The van der Waals surface area contributed by atoms with E-state index in [2.05, 4.69) is 20.5 Å². The molecule has 1 atom stereocenters. The van der Waals surface area contributed by atoms with Gasteiger partial charge >= 0.3 is 0 Å². The highest BCUT2D eigenvalue weighted by molar-refractivity contribution is 5.96. The zero-order valence-corrected chi connectivity index (χ0v) is 18.7. The van der Waals surface area contributed by atoms with Crippen molar-refractivity contribution in [1.29, 1.82) is 0 Å². The van der Waals surface area contributed by atoms with Crippen LogP contribution in [0.15, 0.2) is 58.0 Å². The lowest BCUT2D eigenvalue weighted by molar-refractivity contribution is 0.0752. The van der Waals surface area contributed by atoms with Crippen LogP contribution in [0.3, 0.4) is 0 Å². The van der Waals surface area contributed by atoms with E-state index in [4.69, 9.17) is 4.42 Å². The molecule has 0 bridgehead atoms. The third-order valence-electron chi connectivity index (χ3n) is 5.75. The molecule has 4 aromatic rings. The monoisotopic (exact) mass is 462 g/mol. The van der Waals surface area contributed by atoms with Crippen LogP contribution in [0.4, 0.5) is 15.9 Å². The molecule has 34 heavy (non-hydrogen) atoms. The average molecular weight is 462 g/mol. The van der Waals surface area contributed by atoms with Crippen LogP contribution in [0.2, 0.25) is 0 Å². The molecule has 0 radical (unpaired) electrons. The molecule has 1 unspecified atom stereocenters. The molecular formula is C24H23FN6O3. The van der Waals surface area contributed by atoms with Gasteiger partial charge < -0.3 is 19.2 Å². The van der Waals surface area contributed by atoms with E-state index in [0.717, 1.165) is 6.07 Å². The maximum atomic E-state index is 13.5. The smallest absolute Gasteiger partial charge is 0.289 e. The largest absolute Gasteiger partial charge is 0.451 e. The lowest BCUT2D eigenvalue weighted by Gasteiger charge is -2.15. The number of benzene rings is 1. The maximum absolute atomic E-state index is 13.5. The van der Waals surface area contributed by atoms with E-state index in [9.17, 15) is 14.0 Å². The van der Waals surface area contributed by atoms with Gasteiger partial charge in [0.2, 0.25) is 0 Å². The van der Waals surface area contributed by atoms with Crippen molar-refractivity contribution in [1.82, 2.24) is 24.6 Å². The number of nitrogens with zero attached hydrogens (tertiary/aromatic N) is 5. The molecule has 1 aliphatic rings. The van der Waals surface area contributed by atoms with Crippen LogP contribution in [-0.2, 0) is 0 Å². The van der Waals surface area contributed by atoms with Gasteiger partial charge in [-0.15, -0.1) is 10.2 Å². The van der Waals surface area contributed by atoms with Crippen LogP contribution in [0.5, 0.6) is 0 Å². The Morgan fingerprint density at radius 3 is 2.82 bits per heavy atom. The number of halogens is 1. The molecule has 0 aliphatic carbocycles. The standard InChI is InChI=1S/C24H23FN6O3/c1-14(2)31-13-26-29-23(31)17-6-4-8-21(28-17)27-16-5-3-7-19-22(16)18(32)11-20(34-19)24(33)30-10-9-15(25)12-30/h3-8,11,13-15H,9-10,12H2,1-2H3,(H,27,28). The number of anilines is 2. The predicted octanol–water partition coefficient (Wildman–Crippen LogP) is 3.96. The number of alkyl halides is 1. The Morgan fingerprint density at radius 1 is 1.24 bits per heavy atom. The second kappa shape index (κ2) is 8.69. The minimum absolute atomic E-state index is 0.00869. The summed E-state index contributed by atoms with van der Waals surface area (Å²) in [5.74, 6) is 0.559. The van der Waals surface area contributed by atoms with Crippen LogP contribution in [-0.4, -0.2) is 49.8 Å². The van der Waals surface area contributed by atoms with Crippen molar-refractivity contribution in [3.8, 4) is 11.5 Å². The van der Waals surface area contributed by atoms with E-state index < -0.39 is 12.1 Å². The summed E-state index contributed by atoms with van der Waals surface area (Å²) in [6, 6.07) is 11.9. The first-order chi connectivity index (χ1) is 16.4. The number of hydrogen-bond acceptors (Lipinski definition) is 7. The Hall–Kier alpha value is -4.08. The molecule has 3 aromatic heterocycles. The normalized spacial score (nSPS) is 15.9. The highest BCUT2D eigenvalue weighted by Gasteiger charge is 2.28. The van der Waals surface area contributed by atoms with E-state index >= 15 is 0 Å². The number of hydrogen-bond donors (Lipinski definition) is 1. The van der Waals surface area contributed by atoms with Crippen molar-refractivity contribution in [3.63, 3.8) is 0 Å². The molecule has 174 valence electrons. The van der Waals surface area contributed by atoms with Crippen molar-refractivity contribution < 1.29 is 13.6 Å². The van der Waals surface area contributed by atoms with Gasteiger partial charge in [0.15, 0.2) is 17.0 Å². The van der Waals surface area contributed by atoms with E-state index in [1.54, 1.807) is 30.6 Å². The van der Waals surface area contributed by atoms with Crippen molar-refractivity contribution >= 4 is 28.4 Å². The van der Waals surface area contributed by atoms with Gasteiger partial charge in [0, 0.05) is 18.7 Å². The highest BCUT2D eigenvalue weighted by atomic mass is 19.1. The van der Waals surface area contributed by atoms with E-state index in [1.165, 1.54) is 4.90 Å². The third kappa shape index (κ3) is 4.02. The Morgan fingerprint density at radius 2 is 2.06 bits per heavy atom. The first-order valence-electron chi connectivity index (χ1n) is 11.0. The number of pyridine rings is 1. The number of aromatic nitrogens is 4. The zero-order valence-electron chi connectivity index (χ0n) is 18.7. The van der Waals surface area contributed by atoms with Crippen LogP contribution < -0.4 is 10.7 Å². The third-order valence-corrected chi connectivity index (χ3v) is 5.75. The van der Waals surface area contributed by atoms with Crippen LogP contribution in [0.25, 0.3) is 22.5 Å². The number of likely N-dealkylation sites (tertiary alicyclic amines) is 1. The van der Waals surface area contributed by atoms with Gasteiger partial charge in [-0.1, -0.05) is 12.1 Å². The predicted molar refractivity (Wildman–Crippen MR) is 125 cm³/mol. The number of fused-ring (bicyclic) bond motifs is 1. The molecular weight excluding hydrogens is 439 g/mol. The topological polar surface area (TPSA) is 106 Å². The summed E-state index contributed by atoms with van der Waals surface area (Å²) >= 11 is 0. The van der Waals surface area contributed by atoms with Gasteiger partial charge in [-0.2, -0.15) is 0 Å². The molecule has 1 N–H and O–H groups in total. The fourth-order valence-electron chi connectivity index (χ4n) is 4.05. The Kier molecular flexibility index (Phi) is 5.56. The van der Waals surface area contributed by atoms with Crippen LogP contribution in [0, 0.1) is 0 Å². The van der Waals surface area contributed by atoms with Crippen molar-refractivity contribution in [3.05, 3.63) is 64.8 Å². The Bertz CT molecular complexity index is 1430. The molecule has 10 heteroatoms. The first-order valence-corrected chi connectivity index (χ1v) is 11.0. The lowest BCUT2D eigenvalue weighted by Crippen LogP contribution is -2.29. The number of rotatable bonds is 5. The fraction of sp³-hybridized carbons (Fsp3) is 0.292. The van der Waals surface area contributed by atoms with Gasteiger partial charge in [-0.05, 0) is 44.5 Å². The summed E-state index contributed by atoms with van der Waals surface area (Å²) in [5.41, 5.74) is 1.00. The van der Waals surface area contributed by atoms with Gasteiger partial charge in [-0.3, -0.25) is 9.59 Å². The second-order valence-corrected chi connectivity index (χ2v) is 8.48. The average Bonchev–Trinajstić information content (AvgIpc) is 3.48. The van der Waals surface area contributed by atoms with Crippen LogP contribution in [0.1, 0.15) is 36.9 Å². The summed E-state index contributed by atoms with van der Waals surface area (Å²) in [6.07, 6.45) is 0.897. The SMILES string of the molecule is CC(C)n1cnnc1-c1cccc(Nc2cccc3oc(C(=O)N4CCC(F)C4)cc(=O)c23)n1. The fourth-order valence-corrected chi connectivity index (χ4v) is 4.05. The minimum atomic E-state index is -1.05. The molecule has 1 amide bonds. The molecule has 1 aromatic carbocycles.